The van der Waals surface area contributed by atoms with Gasteiger partial charge in [0.25, 0.3) is 0 Å². The van der Waals surface area contributed by atoms with Crippen LogP contribution in [0.25, 0.3) is 0 Å². The summed E-state index contributed by atoms with van der Waals surface area (Å²) >= 11 is 4.08. The molecule has 4 heteroatoms. The molecule has 0 amide bonds. The molecule has 2 nitrogen and oxygen atoms in total. The van der Waals surface area contributed by atoms with E-state index in [4.69, 9.17) is 0 Å². The second-order valence-electron chi connectivity index (χ2n) is 4.15. The van der Waals surface area contributed by atoms with E-state index in [0.717, 1.165) is 12.1 Å². The van der Waals surface area contributed by atoms with Gasteiger partial charge in [0, 0.05) is 35.6 Å². The molecule has 1 aliphatic rings. The maximum atomic E-state index is 9.98. The minimum absolute atomic E-state index is 0.391. The maximum Gasteiger partial charge on any atom is 0.0914 e. The van der Waals surface area contributed by atoms with E-state index in [2.05, 4.69) is 5.32 Å². The molecular weight excluding hydrogens is 250 g/mol. The topological polar surface area (TPSA) is 32.3 Å². The highest BCUT2D eigenvalue weighted by Gasteiger charge is 2.14. The molecule has 1 aliphatic heterocycles. The Balaban J connectivity index is 1.67. The molecule has 1 fully saturated rings. The fraction of sp³-hybridized carbons (Fsp3) is 0.538. The van der Waals surface area contributed by atoms with Gasteiger partial charge in [-0.15, -0.1) is 0 Å². The van der Waals surface area contributed by atoms with Gasteiger partial charge in [0.05, 0.1) is 6.10 Å². The molecule has 0 saturated carbocycles. The summed E-state index contributed by atoms with van der Waals surface area (Å²) in [4.78, 5) is 0. The van der Waals surface area contributed by atoms with E-state index in [9.17, 15) is 5.11 Å². The number of nitrogens with one attached hydrogen (secondary N) is 1. The van der Waals surface area contributed by atoms with E-state index in [-0.39, 0.29) is 0 Å². The van der Waals surface area contributed by atoms with Crippen molar-refractivity contribution in [3.8, 4) is 0 Å². The average molecular weight is 269 g/mol. The summed E-state index contributed by atoms with van der Waals surface area (Å²) in [6, 6.07) is 9.84. The monoisotopic (exact) mass is 269 g/mol. The van der Waals surface area contributed by atoms with Gasteiger partial charge in [-0.3, -0.25) is 0 Å². The van der Waals surface area contributed by atoms with Crippen molar-refractivity contribution in [1.29, 1.82) is 0 Å². The van der Waals surface area contributed by atoms with Crippen molar-refractivity contribution >= 4 is 23.5 Å². The van der Waals surface area contributed by atoms with E-state index in [1.54, 1.807) is 0 Å². The van der Waals surface area contributed by atoms with Gasteiger partial charge in [-0.1, -0.05) is 30.3 Å². The minimum atomic E-state index is -0.391. The largest absolute Gasteiger partial charge is 0.387 e. The van der Waals surface area contributed by atoms with Crippen LogP contribution in [0.2, 0.25) is 0 Å². The van der Waals surface area contributed by atoms with E-state index in [0.29, 0.717) is 11.8 Å². The zero-order valence-corrected chi connectivity index (χ0v) is 11.5. The fourth-order valence-electron chi connectivity index (χ4n) is 1.83. The lowest BCUT2D eigenvalue weighted by atomic mass is 10.1. The highest BCUT2D eigenvalue weighted by molar-refractivity contribution is 8.06. The summed E-state index contributed by atoms with van der Waals surface area (Å²) < 4.78 is 0. The number of aliphatic hydroxyl groups is 1. The van der Waals surface area contributed by atoms with Crippen molar-refractivity contribution in [3.05, 3.63) is 35.9 Å². The Labute approximate surface area is 112 Å². The highest BCUT2D eigenvalue weighted by atomic mass is 32.2. The SMILES string of the molecule is OC(CNCC1CSCCS1)c1ccccc1. The third-order valence-corrected chi connectivity index (χ3v) is 5.62. The molecule has 2 N–H and O–H groups in total. The molecule has 0 spiro atoms. The molecule has 2 unspecified atom stereocenters. The third kappa shape index (κ3) is 4.54. The Morgan fingerprint density at radius 3 is 2.82 bits per heavy atom. The number of hydrogen-bond donors (Lipinski definition) is 2. The van der Waals surface area contributed by atoms with Crippen LogP contribution in [-0.2, 0) is 0 Å². The van der Waals surface area contributed by atoms with Crippen LogP contribution in [0, 0.1) is 0 Å². The van der Waals surface area contributed by atoms with Crippen LogP contribution in [0.5, 0.6) is 0 Å². The number of aliphatic hydroxyl groups excluding tert-OH is 1. The average Bonchev–Trinajstić information content (AvgIpc) is 2.41. The molecule has 94 valence electrons. The first kappa shape index (κ1) is 13.3. The first-order chi connectivity index (χ1) is 8.36. The number of thioether (sulfide) groups is 2. The van der Waals surface area contributed by atoms with Crippen molar-refractivity contribution in [2.75, 3.05) is 30.3 Å². The summed E-state index contributed by atoms with van der Waals surface area (Å²) in [5.74, 6) is 3.78. The number of rotatable bonds is 5. The van der Waals surface area contributed by atoms with Gasteiger partial charge in [0.2, 0.25) is 0 Å². The molecule has 1 saturated heterocycles. The second-order valence-corrected chi connectivity index (χ2v) is 6.71. The van der Waals surface area contributed by atoms with Crippen molar-refractivity contribution in [2.45, 2.75) is 11.4 Å². The first-order valence-electron chi connectivity index (χ1n) is 5.99. The first-order valence-corrected chi connectivity index (χ1v) is 8.19. The van der Waals surface area contributed by atoms with E-state index < -0.39 is 6.10 Å². The molecule has 0 aromatic heterocycles. The van der Waals surface area contributed by atoms with Gasteiger partial charge in [-0.05, 0) is 5.56 Å². The lowest BCUT2D eigenvalue weighted by Crippen LogP contribution is -2.31. The summed E-state index contributed by atoms with van der Waals surface area (Å²) in [6.07, 6.45) is -0.391. The van der Waals surface area contributed by atoms with Crippen LogP contribution in [0.1, 0.15) is 11.7 Å². The summed E-state index contributed by atoms with van der Waals surface area (Å²) in [5.41, 5.74) is 0.991. The normalized spacial score (nSPS) is 22.3. The zero-order chi connectivity index (χ0) is 11.9. The molecule has 0 bridgehead atoms. The van der Waals surface area contributed by atoms with Gasteiger partial charge in [-0.25, -0.2) is 0 Å². The van der Waals surface area contributed by atoms with Crippen LogP contribution in [0.15, 0.2) is 30.3 Å². The molecule has 0 radical (unpaired) electrons. The molecule has 1 heterocycles. The minimum Gasteiger partial charge on any atom is -0.387 e. The van der Waals surface area contributed by atoms with Gasteiger partial charge in [-0.2, -0.15) is 23.5 Å². The lowest BCUT2D eigenvalue weighted by Gasteiger charge is -2.22. The Bertz CT molecular complexity index is 314. The van der Waals surface area contributed by atoms with E-state index in [1.165, 1.54) is 17.3 Å². The highest BCUT2D eigenvalue weighted by Crippen LogP contribution is 2.23. The van der Waals surface area contributed by atoms with Crippen LogP contribution < -0.4 is 5.32 Å². The van der Waals surface area contributed by atoms with Crippen LogP contribution in [-0.4, -0.2) is 40.7 Å². The third-order valence-electron chi connectivity index (χ3n) is 2.78. The Morgan fingerprint density at radius 1 is 1.29 bits per heavy atom. The van der Waals surface area contributed by atoms with Crippen molar-refractivity contribution < 1.29 is 5.11 Å². The molecule has 2 rings (SSSR count). The molecule has 17 heavy (non-hydrogen) atoms. The standard InChI is InChI=1S/C13H19NOS2/c15-13(11-4-2-1-3-5-11)9-14-8-12-10-16-6-7-17-12/h1-5,12-15H,6-10H2. The van der Waals surface area contributed by atoms with Crippen LogP contribution in [0.4, 0.5) is 0 Å². The van der Waals surface area contributed by atoms with Gasteiger partial charge in [0.15, 0.2) is 0 Å². The predicted molar refractivity (Wildman–Crippen MR) is 77.8 cm³/mol. The van der Waals surface area contributed by atoms with Crippen molar-refractivity contribution in [3.63, 3.8) is 0 Å². The number of benzene rings is 1. The number of hydrogen-bond acceptors (Lipinski definition) is 4. The molecule has 0 aliphatic carbocycles. The molecule has 2 atom stereocenters. The van der Waals surface area contributed by atoms with Gasteiger partial charge < -0.3 is 10.4 Å². The predicted octanol–water partition coefficient (Wildman–Crippen LogP) is 2.16. The Morgan fingerprint density at radius 2 is 2.12 bits per heavy atom. The zero-order valence-electron chi connectivity index (χ0n) is 9.84. The molecule has 1 aromatic carbocycles. The van der Waals surface area contributed by atoms with Crippen molar-refractivity contribution in [2.24, 2.45) is 0 Å². The Kier molecular flexibility index (Phi) is 5.71. The quantitative estimate of drug-likeness (QED) is 0.858. The van der Waals surface area contributed by atoms with E-state index in [1.807, 2.05) is 53.9 Å². The van der Waals surface area contributed by atoms with E-state index >= 15 is 0 Å². The molecule has 1 aromatic rings. The fourth-order valence-corrected chi connectivity index (χ4v) is 4.47. The summed E-state index contributed by atoms with van der Waals surface area (Å²) in [6.45, 7) is 1.65. The van der Waals surface area contributed by atoms with Crippen LogP contribution >= 0.6 is 23.5 Å². The Hall–Kier alpha value is -0.160. The molecular formula is C13H19NOS2. The second kappa shape index (κ2) is 7.31. The summed E-state index contributed by atoms with van der Waals surface area (Å²) in [7, 11) is 0. The lowest BCUT2D eigenvalue weighted by molar-refractivity contribution is 0.175. The maximum absolute atomic E-state index is 9.98. The smallest absolute Gasteiger partial charge is 0.0914 e. The summed E-state index contributed by atoms with van der Waals surface area (Å²) in [5, 5.41) is 14.0. The van der Waals surface area contributed by atoms with Crippen LogP contribution in [0.3, 0.4) is 0 Å². The van der Waals surface area contributed by atoms with Crippen molar-refractivity contribution in [1.82, 2.24) is 5.32 Å². The van der Waals surface area contributed by atoms with Gasteiger partial charge in [0.1, 0.15) is 0 Å². The van der Waals surface area contributed by atoms with Gasteiger partial charge >= 0.3 is 0 Å².